The zero-order valence-electron chi connectivity index (χ0n) is 11.7. The van der Waals surface area contributed by atoms with Crippen LogP contribution < -0.4 is 4.72 Å². The SMILES string of the molecule is Cc1cc(S(=O)(=O)Nc2cnn(C)c2C)c(C)cc1Cl. The Hall–Kier alpha value is -1.53. The lowest BCUT2D eigenvalue weighted by Crippen LogP contribution is -2.15. The largest absolute Gasteiger partial charge is 0.276 e. The molecule has 0 bridgehead atoms. The zero-order chi connectivity index (χ0) is 15.1. The normalized spacial score (nSPS) is 11.7. The molecule has 1 N–H and O–H groups in total. The minimum absolute atomic E-state index is 0.225. The molecule has 0 amide bonds. The van der Waals surface area contributed by atoms with Gasteiger partial charge in [0.15, 0.2) is 0 Å². The number of aromatic nitrogens is 2. The van der Waals surface area contributed by atoms with Crippen LogP contribution in [0, 0.1) is 20.8 Å². The van der Waals surface area contributed by atoms with E-state index >= 15 is 0 Å². The molecule has 0 saturated heterocycles. The van der Waals surface area contributed by atoms with E-state index < -0.39 is 10.0 Å². The topological polar surface area (TPSA) is 64.0 Å². The number of hydrogen-bond acceptors (Lipinski definition) is 3. The van der Waals surface area contributed by atoms with Crippen molar-refractivity contribution in [2.24, 2.45) is 7.05 Å². The van der Waals surface area contributed by atoms with Crippen LogP contribution in [0.15, 0.2) is 23.2 Å². The van der Waals surface area contributed by atoms with Crippen molar-refractivity contribution in [3.05, 3.63) is 40.2 Å². The van der Waals surface area contributed by atoms with E-state index in [0.29, 0.717) is 16.3 Å². The van der Waals surface area contributed by atoms with E-state index in [9.17, 15) is 8.42 Å². The predicted octanol–water partition coefficient (Wildman–Crippen LogP) is 2.80. The molecule has 1 aromatic carbocycles. The van der Waals surface area contributed by atoms with E-state index in [1.54, 1.807) is 44.6 Å². The molecule has 108 valence electrons. The molecule has 0 atom stereocenters. The summed E-state index contributed by atoms with van der Waals surface area (Å²) in [5.74, 6) is 0. The summed E-state index contributed by atoms with van der Waals surface area (Å²) in [6.07, 6.45) is 1.49. The smallest absolute Gasteiger partial charge is 0.262 e. The molecule has 5 nitrogen and oxygen atoms in total. The molecule has 0 fully saturated rings. The predicted molar refractivity (Wildman–Crippen MR) is 79.7 cm³/mol. The van der Waals surface area contributed by atoms with Crippen molar-refractivity contribution in [2.45, 2.75) is 25.7 Å². The summed E-state index contributed by atoms with van der Waals surface area (Å²) in [6.45, 7) is 5.29. The van der Waals surface area contributed by atoms with E-state index in [2.05, 4.69) is 9.82 Å². The molecular formula is C13H16ClN3O2S. The van der Waals surface area contributed by atoms with E-state index in [0.717, 1.165) is 11.3 Å². The van der Waals surface area contributed by atoms with Crippen LogP contribution in [0.25, 0.3) is 0 Å². The molecule has 2 rings (SSSR count). The van der Waals surface area contributed by atoms with Crippen molar-refractivity contribution in [3.8, 4) is 0 Å². The van der Waals surface area contributed by atoms with Crippen LogP contribution in [0.3, 0.4) is 0 Å². The molecule has 2 aromatic rings. The molecule has 7 heteroatoms. The third-order valence-corrected chi connectivity index (χ3v) is 5.14. The van der Waals surface area contributed by atoms with Gasteiger partial charge in [-0.2, -0.15) is 5.10 Å². The molecule has 0 saturated carbocycles. The van der Waals surface area contributed by atoms with Crippen LogP contribution in [0.4, 0.5) is 5.69 Å². The zero-order valence-corrected chi connectivity index (χ0v) is 13.3. The first-order valence-electron chi connectivity index (χ1n) is 6.00. The molecular weight excluding hydrogens is 298 g/mol. The van der Waals surface area contributed by atoms with Crippen molar-refractivity contribution in [1.82, 2.24) is 9.78 Å². The van der Waals surface area contributed by atoms with Gasteiger partial charge < -0.3 is 0 Å². The highest BCUT2D eigenvalue weighted by Gasteiger charge is 2.20. The number of nitrogens with one attached hydrogen (secondary N) is 1. The van der Waals surface area contributed by atoms with Crippen LogP contribution in [-0.2, 0) is 17.1 Å². The van der Waals surface area contributed by atoms with Crippen LogP contribution >= 0.6 is 11.6 Å². The Morgan fingerprint density at radius 2 is 1.85 bits per heavy atom. The van der Waals surface area contributed by atoms with Gasteiger partial charge in [0.2, 0.25) is 0 Å². The second-order valence-electron chi connectivity index (χ2n) is 4.74. The molecule has 0 radical (unpaired) electrons. The Balaban J connectivity index is 2.46. The number of sulfonamides is 1. The molecule has 1 heterocycles. The first kappa shape index (κ1) is 14.9. The van der Waals surface area contributed by atoms with Crippen molar-refractivity contribution in [2.75, 3.05) is 4.72 Å². The second kappa shape index (κ2) is 5.10. The first-order valence-corrected chi connectivity index (χ1v) is 7.86. The van der Waals surface area contributed by atoms with Gasteiger partial charge in [0.1, 0.15) is 0 Å². The standard InChI is InChI=1S/C13H16ClN3O2S/c1-8-6-13(9(2)5-11(8)14)20(18,19)16-12-7-15-17(4)10(12)3/h5-7,16H,1-4H3. The van der Waals surface area contributed by atoms with Gasteiger partial charge in [-0.3, -0.25) is 9.40 Å². The average Bonchev–Trinajstić information content (AvgIpc) is 2.65. The molecule has 0 aliphatic rings. The summed E-state index contributed by atoms with van der Waals surface area (Å²) < 4.78 is 29.1. The minimum Gasteiger partial charge on any atom is -0.276 e. The molecule has 0 unspecified atom stereocenters. The Morgan fingerprint density at radius 1 is 1.20 bits per heavy atom. The summed E-state index contributed by atoms with van der Waals surface area (Å²) in [7, 11) is -1.90. The summed E-state index contributed by atoms with van der Waals surface area (Å²) in [5.41, 5.74) is 2.55. The van der Waals surface area contributed by atoms with Gasteiger partial charge in [-0.1, -0.05) is 11.6 Å². The third-order valence-electron chi connectivity index (χ3n) is 3.23. The molecule has 0 spiro atoms. The number of aryl methyl sites for hydroxylation is 3. The summed E-state index contributed by atoms with van der Waals surface area (Å²) >= 11 is 6.00. The van der Waals surface area contributed by atoms with Crippen molar-refractivity contribution < 1.29 is 8.42 Å². The molecule has 20 heavy (non-hydrogen) atoms. The van der Waals surface area contributed by atoms with Crippen LogP contribution in [0.1, 0.15) is 16.8 Å². The van der Waals surface area contributed by atoms with Crippen LogP contribution in [-0.4, -0.2) is 18.2 Å². The Bertz CT molecular complexity index is 766. The summed E-state index contributed by atoms with van der Waals surface area (Å²) in [4.78, 5) is 0.225. The van der Waals surface area contributed by atoms with Crippen molar-refractivity contribution in [1.29, 1.82) is 0 Å². The number of halogens is 1. The van der Waals surface area contributed by atoms with E-state index in [-0.39, 0.29) is 4.90 Å². The van der Waals surface area contributed by atoms with Crippen molar-refractivity contribution in [3.63, 3.8) is 0 Å². The van der Waals surface area contributed by atoms with Gasteiger partial charge in [0.25, 0.3) is 10.0 Å². The quantitative estimate of drug-likeness (QED) is 0.947. The first-order chi connectivity index (χ1) is 9.22. The van der Waals surface area contributed by atoms with Gasteiger partial charge in [0, 0.05) is 12.1 Å². The number of benzene rings is 1. The van der Waals surface area contributed by atoms with Gasteiger partial charge >= 0.3 is 0 Å². The lowest BCUT2D eigenvalue weighted by atomic mass is 10.2. The highest BCUT2D eigenvalue weighted by atomic mass is 35.5. The Kier molecular flexibility index (Phi) is 3.80. The molecule has 1 aromatic heterocycles. The number of nitrogens with zero attached hydrogens (tertiary/aromatic N) is 2. The lowest BCUT2D eigenvalue weighted by molar-refractivity contribution is 0.600. The highest BCUT2D eigenvalue weighted by molar-refractivity contribution is 7.92. The Morgan fingerprint density at radius 3 is 2.40 bits per heavy atom. The third kappa shape index (κ3) is 2.66. The maximum atomic E-state index is 12.5. The fraction of sp³-hybridized carbons (Fsp3) is 0.308. The van der Waals surface area contributed by atoms with Gasteiger partial charge in [-0.15, -0.1) is 0 Å². The van der Waals surface area contributed by atoms with Crippen LogP contribution in [0.5, 0.6) is 0 Å². The summed E-state index contributed by atoms with van der Waals surface area (Å²) in [5, 5.41) is 4.57. The van der Waals surface area contributed by atoms with E-state index in [1.165, 1.54) is 6.20 Å². The Labute approximate surface area is 123 Å². The maximum absolute atomic E-state index is 12.5. The van der Waals surface area contributed by atoms with Gasteiger partial charge in [-0.05, 0) is 44.0 Å². The number of rotatable bonds is 3. The maximum Gasteiger partial charge on any atom is 0.262 e. The molecule has 0 aliphatic carbocycles. The number of anilines is 1. The van der Waals surface area contributed by atoms with Crippen LogP contribution in [0.2, 0.25) is 5.02 Å². The number of hydrogen-bond donors (Lipinski definition) is 1. The fourth-order valence-corrected chi connectivity index (χ4v) is 3.48. The minimum atomic E-state index is -3.65. The monoisotopic (exact) mass is 313 g/mol. The van der Waals surface area contributed by atoms with E-state index in [4.69, 9.17) is 11.6 Å². The second-order valence-corrected chi connectivity index (χ2v) is 6.80. The summed E-state index contributed by atoms with van der Waals surface area (Å²) in [6, 6.07) is 3.23. The van der Waals surface area contributed by atoms with E-state index in [1.807, 2.05) is 0 Å². The van der Waals surface area contributed by atoms with Gasteiger partial charge in [-0.25, -0.2) is 8.42 Å². The molecule has 0 aliphatic heterocycles. The lowest BCUT2D eigenvalue weighted by Gasteiger charge is -2.11. The van der Waals surface area contributed by atoms with Gasteiger partial charge in [0.05, 0.1) is 22.5 Å². The van der Waals surface area contributed by atoms with Crippen molar-refractivity contribution >= 4 is 27.3 Å². The highest BCUT2D eigenvalue weighted by Crippen LogP contribution is 2.26. The average molecular weight is 314 g/mol. The fourth-order valence-electron chi connectivity index (χ4n) is 1.84.